The van der Waals surface area contributed by atoms with Gasteiger partial charge in [0.1, 0.15) is 12.0 Å². The van der Waals surface area contributed by atoms with Crippen LogP contribution in [0.5, 0.6) is 0 Å². The molecule has 0 saturated carbocycles. The summed E-state index contributed by atoms with van der Waals surface area (Å²) in [6.07, 6.45) is 0. The Labute approximate surface area is 76.9 Å². The van der Waals surface area contributed by atoms with Crippen LogP contribution < -0.4 is 0 Å². The third kappa shape index (κ3) is 3.00. The minimum atomic E-state index is -1.19. The normalized spacial score (nSPS) is 11.3. The molecular weight excluding hydrogens is 180 g/mol. The van der Waals surface area contributed by atoms with Crippen LogP contribution in [0, 0.1) is 5.41 Å². The standard InChI is InChI=1S/C7H14O4S/c1-7(4-8,5-9)6(10)11-2-3-12/h8-9,12H,2-5H2,1H3. The zero-order valence-corrected chi connectivity index (χ0v) is 7.88. The van der Waals surface area contributed by atoms with Crippen LogP contribution in [0.15, 0.2) is 0 Å². The van der Waals surface area contributed by atoms with Crippen molar-refractivity contribution in [3.8, 4) is 0 Å². The van der Waals surface area contributed by atoms with Gasteiger partial charge in [0.2, 0.25) is 0 Å². The molecule has 0 amide bonds. The van der Waals surface area contributed by atoms with Gasteiger partial charge in [-0.05, 0) is 6.92 Å². The van der Waals surface area contributed by atoms with Crippen molar-refractivity contribution >= 4 is 18.6 Å². The summed E-state index contributed by atoms with van der Waals surface area (Å²) in [5, 5.41) is 17.6. The molecule has 0 radical (unpaired) electrons. The second-order valence-corrected chi connectivity index (χ2v) is 3.18. The molecule has 5 heteroatoms. The molecule has 12 heavy (non-hydrogen) atoms. The maximum atomic E-state index is 11.1. The number of hydrogen-bond donors (Lipinski definition) is 3. The van der Waals surface area contributed by atoms with Crippen LogP contribution in [-0.2, 0) is 9.53 Å². The van der Waals surface area contributed by atoms with Gasteiger partial charge in [-0.3, -0.25) is 4.79 Å². The van der Waals surface area contributed by atoms with E-state index in [1.807, 2.05) is 0 Å². The van der Waals surface area contributed by atoms with Crippen molar-refractivity contribution in [2.45, 2.75) is 6.92 Å². The molecule has 0 atom stereocenters. The number of aliphatic hydroxyl groups excluding tert-OH is 2. The van der Waals surface area contributed by atoms with Gasteiger partial charge in [0.25, 0.3) is 0 Å². The Morgan fingerprint density at radius 2 is 2.00 bits per heavy atom. The average molecular weight is 194 g/mol. The Balaban J connectivity index is 4.03. The Morgan fingerprint density at radius 1 is 1.50 bits per heavy atom. The predicted octanol–water partition coefficient (Wildman–Crippen LogP) is -0.550. The minimum absolute atomic E-state index is 0.192. The molecule has 0 saturated heterocycles. The first kappa shape index (κ1) is 11.7. The maximum Gasteiger partial charge on any atom is 0.316 e. The van der Waals surface area contributed by atoms with E-state index in [2.05, 4.69) is 12.6 Å². The van der Waals surface area contributed by atoms with Crippen LogP contribution in [0.1, 0.15) is 6.92 Å². The highest BCUT2D eigenvalue weighted by molar-refractivity contribution is 7.80. The summed E-state index contributed by atoms with van der Waals surface area (Å²) < 4.78 is 4.70. The highest BCUT2D eigenvalue weighted by Gasteiger charge is 2.33. The molecular formula is C7H14O4S. The van der Waals surface area contributed by atoms with Crippen LogP contribution in [0.3, 0.4) is 0 Å². The first-order valence-electron chi connectivity index (χ1n) is 3.60. The number of ether oxygens (including phenoxy) is 1. The summed E-state index contributed by atoms with van der Waals surface area (Å²) in [5.74, 6) is -0.167. The number of carbonyl (C=O) groups excluding carboxylic acids is 1. The van der Waals surface area contributed by atoms with Gasteiger partial charge in [-0.15, -0.1) is 0 Å². The van der Waals surface area contributed by atoms with Gasteiger partial charge in [-0.1, -0.05) is 0 Å². The molecule has 0 aromatic carbocycles. The van der Waals surface area contributed by atoms with Crippen molar-refractivity contribution in [3.05, 3.63) is 0 Å². The Morgan fingerprint density at radius 3 is 2.33 bits per heavy atom. The van der Waals surface area contributed by atoms with E-state index in [9.17, 15) is 4.79 Å². The van der Waals surface area contributed by atoms with Gasteiger partial charge in [0.15, 0.2) is 0 Å². The number of carbonyl (C=O) groups is 1. The van der Waals surface area contributed by atoms with E-state index in [0.29, 0.717) is 5.75 Å². The van der Waals surface area contributed by atoms with Gasteiger partial charge in [-0.2, -0.15) is 12.6 Å². The van der Waals surface area contributed by atoms with E-state index in [4.69, 9.17) is 14.9 Å². The van der Waals surface area contributed by atoms with Crippen molar-refractivity contribution in [2.75, 3.05) is 25.6 Å². The van der Waals surface area contributed by atoms with Crippen LogP contribution >= 0.6 is 12.6 Å². The Bertz CT molecular complexity index is 144. The van der Waals surface area contributed by atoms with Gasteiger partial charge in [0.05, 0.1) is 13.2 Å². The van der Waals surface area contributed by atoms with Crippen LogP contribution in [0.2, 0.25) is 0 Å². The number of rotatable bonds is 5. The van der Waals surface area contributed by atoms with Crippen molar-refractivity contribution < 1.29 is 19.7 Å². The summed E-state index contributed by atoms with van der Waals surface area (Å²) in [6.45, 7) is 0.787. The van der Waals surface area contributed by atoms with Crippen molar-refractivity contribution in [2.24, 2.45) is 5.41 Å². The lowest BCUT2D eigenvalue weighted by molar-refractivity contribution is -0.159. The third-order valence-electron chi connectivity index (χ3n) is 1.52. The van der Waals surface area contributed by atoms with Crippen LogP contribution in [-0.4, -0.2) is 41.8 Å². The molecule has 0 spiro atoms. The average Bonchev–Trinajstić information content (AvgIpc) is 2.12. The number of thiol groups is 1. The lowest BCUT2D eigenvalue weighted by Crippen LogP contribution is -2.37. The molecule has 0 rings (SSSR count). The van der Waals surface area contributed by atoms with E-state index in [1.165, 1.54) is 6.92 Å². The van der Waals surface area contributed by atoms with Gasteiger partial charge in [-0.25, -0.2) is 0 Å². The third-order valence-corrected chi connectivity index (χ3v) is 1.70. The molecule has 0 aromatic heterocycles. The van der Waals surface area contributed by atoms with E-state index in [-0.39, 0.29) is 6.61 Å². The molecule has 0 aliphatic rings. The van der Waals surface area contributed by atoms with E-state index >= 15 is 0 Å². The van der Waals surface area contributed by atoms with E-state index < -0.39 is 24.6 Å². The number of aliphatic hydroxyl groups is 2. The SMILES string of the molecule is CC(CO)(CO)C(=O)OCCS. The van der Waals surface area contributed by atoms with Crippen molar-refractivity contribution in [1.82, 2.24) is 0 Å². The summed E-state index contributed by atoms with van der Waals surface area (Å²) >= 11 is 3.85. The molecule has 0 heterocycles. The van der Waals surface area contributed by atoms with Crippen LogP contribution in [0.4, 0.5) is 0 Å². The fraction of sp³-hybridized carbons (Fsp3) is 0.857. The van der Waals surface area contributed by atoms with Gasteiger partial charge < -0.3 is 14.9 Å². The number of hydrogen-bond acceptors (Lipinski definition) is 5. The second-order valence-electron chi connectivity index (χ2n) is 2.74. The number of esters is 1. The smallest absolute Gasteiger partial charge is 0.316 e. The molecule has 0 aliphatic carbocycles. The second kappa shape index (κ2) is 5.40. The highest BCUT2D eigenvalue weighted by Crippen LogP contribution is 2.16. The summed E-state index contributed by atoms with van der Waals surface area (Å²) in [7, 11) is 0. The monoisotopic (exact) mass is 194 g/mol. The minimum Gasteiger partial charge on any atom is -0.464 e. The van der Waals surface area contributed by atoms with Gasteiger partial charge in [0, 0.05) is 5.75 Å². The summed E-state index contributed by atoms with van der Waals surface area (Å²) in [5.41, 5.74) is -1.19. The van der Waals surface area contributed by atoms with Crippen molar-refractivity contribution in [1.29, 1.82) is 0 Å². The Hall–Kier alpha value is -0.260. The largest absolute Gasteiger partial charge is 0.464 e. The Kier molecular flexibility index (Phi) is 5.28. The summed E-state index contributed by atoms with van der Waals surface area (Å²) in [6, 6.07) is 0. The predicted molar refractivity (Wildman–Crippen MR) is 47.1 cm³/mol. The first-order valence-corrected chi connectivity index (χ1v) is 4.24. The highest BCUT2D eigenvalue weighted by atomic mass is 32.1. The van der Waals surface area contributed by atoms with E-state index in [0.717, 1.165) is 0 Å². The molecule has 72 valence electrons. The topological polar surface area (TPSA) is 66.8 Å². The molecule has 0 bridgehead atoms. The molecule has 0 aliphatic heterocycles. The first-order chi connectivity index (χ1) is 5.60. The van der Waals surface area contributed by atoms with Crippen LogP contribution in [0.25, 0.3) is 0 Å². The quantitative estimate of drug-likeness (QED) is 0.406. The fourth-order valence-electron chi connectivity index (χ4n) is 0.492. The zero-order chi connectivity index (χ0) is 9.61. The molecule has 4 nitrogen and oxygen atoms in total. The van der Waals surface area contributed by atoms with E-state index in [1.54, 1.807) is 0 Å². The maximum absolute atomic E-state index is 11.1. The lowest BCUT2D eigenvalue weighted by atomic mass is 9.93. The zero-order valence-electron chi connectivity index (χ0n) is 6.99. The molecule has 0 fully saturated rings. The summed E-state index contributed by atoms with van der Waals surface area (Å²) in [4.78, 5) is 11.1. The molecule has 0 aromatic rings. The fourth-order valence-corrected chi connectivity index (χ4v) is 0.583. The molecule has 2 N–H and O–H groups in total. The van der Waals surface area contributed by atoms with Gasteiger partial charge >= 0.3 is 5.97 Å². The lowest BCUT2D eigenvalue weighted by Gasteiger charge is -2.21. The molecule has 0 unspecified atom stereocenters. The van der Waals surface area contributed by atoms with Crippen molar-refractivity contribution in [3.63, 3.8) is 0 Å².